The molecule has 1 fully saturated rings. The van der Waals surface area contributed by atoms with Crippen LogP contribution in [0.4, 0.5) is 20.6 Å². The van der Waals surface area contributed by atoms with Crippen LogP contribution in [-0.2, 0) is 16.2 Å². The van der Waals surface area contributed by atoms with Crippen LogP contribution in [0.1, 0.15) is 18.4 Å². The summed E-state index contributed by atoms with van der Waals surface area (Å²) in [6.45, 7) is 2.74. The van der Waals surface area contributed by atoms with E-state index in [2.05, 4.69) is 20.5 Å². The zero-order chi connectivity index (χ0) is 21.3. The van der Waals surface area contributed by atoms with E-state index in [1.54, 1.807) is 31.4 Å². The Labute approximate surface area is 175 Å². The van der Waals surface area contributed by atoms with Gasteiger partial charge in [-0.1, -0.05) is 0 Å². The second-order valence-electron chi connectivity index (χ2n) is 7.36. The van der Waals surface area contributed by atoms with Gasteiger partial charge in [0, 0.05) is 32.0 Å². The minimum atomic E-state index is -0.464. The van der Waals surface area contributed by atoms with Gasteiger partial charge in [-0.25, -0.2) is 14.2 Å². The fraction of sp³-hybridized carbons (Fsp3) is 0.381. The van der Waals surface area contributed by atoms with Gasteiger partial charge >= 0.3 is 6.03 Å². The summed E-state index contributed by atoms with van der Waals surface area (Å²) in [6, 6.07) is 7.50. The standard InChI is InChI=1S/C21H26FN5O3/c1-26(15-28)30-14-16-4-3-7-27(12-16)13-17-8-18(22)10-20(9-17)25-21(29)24-19-5-2-6-23-11-19/h2,5-6,8-11,15-16H,3-4,7,12-14H2,1H3,(H2,24,25,29)/t16-/m1/s1. The normalized spacial score (nSPS) is 16.7. The van der Waals surface area contributed by atoms with E-state index in [4.69, 9.17) is 4.84 Å². The highest BCUT2D eigenvalue weighted by molar-refractivity contribution is 5.99. The van der Waals surface area contributed by atoms with E-state index in [9.17, 15) is 14.0 Å². The number of hydrogen-bond acceptors (Lipinski definition) is 5. The fourth-order valence-corrected chi connectivity index (χ4v) is 3.49. The molecule has 30 heavy (non-hydrogen) atoms. The third-order valence-electron chi connectivity index (χ3n) is 4.81. The van der Waals surface area contributed by atoms with Gasteiger partial charge in [-0.05, 0) is 61.2 Å². The number of amides is 3. The summed E-state index contributed by atoms with van der Waals surface area (Å²) < 4.78 is 14.1. The van der Waals surface area contributed by atoms with Crippen molar-refractivity contribution in [3.63, 3.8) is 0 Å². The Morgan fingerprint density at radius 3 is 2.97 bits per heavy atom. The van der Waals surface area contributed by atoms with Crippen molar-refractivity contribution < 1.29 is 18.8 Å². The highest BCUT2D eigenvalue weighted by Gasteiger charge is 2.21. The molecule has 2 heterocycles. The monoisotopic (exact) mass is 415 g/mol. The van der Waals surface area contributed by atoms with Crippen molar-refractivity contribution in [2.24, 2.45) is 5.92 Å². The topological polar surface area (TPSA) is 86.8 Å². The number of pyridine rings is 1. The average Bonchev–Trinajstić information content (AvgIpc) is 2.72. The van der Waals surface area contributed by atoms with Crippen LogP contribution in [0, 0.1) is 11.7 Å². The number of carbonyl (C=O) groups excluding carboxylic acids is 2. The molecule has 9 heteroatoms. The highest BCUT2D eigenvalue weighted by atomic mass is 19.1. The van der Waals surface area contributed by atoms with Crippen molar-refractivity contribution in [3.8, 4) is 0 Å². The first-order valence-electron chi connectivity index (χ1n) is 9.82. The van der Waals surface area contributed by atoms with Crippen LogP contribution in [0.5, 0.6) is 0 Å². The summed E-state index contributed by atoms with van der Waals surface area (Å²) in [5, 5.41) is 6.48. The molecular weight excluding hydrogens is 389 g/mol. The molecule has 1 aliphatic rings. The number of hydroxylamine groups is 2. The van der Waals surface area contributed by atoms with Gasteiger partial charge in [0.15, 0.2) is 0 Å². The number of carbonyl (C=O) groups is 2. The van der Waals surface area contributed by atoms with E-state index in [1.807, 2.05) is 0 Å². The van der Waals surface area contributed by atoms with Crippen molar-refractivity contribution in [3.05, 3.63) is 54.1 Å². The van der Waals surface area contributed by atoms with E-state index < -0.39 is 11.8 Å². The first-order chi connectivity index (χ1) is 14.5. The number of aromatic nitrogens is 1. The Morgan fingerprint density at radius 1 is 1.37 bits per heavy atom. The van der Waals surface area contributed by atoms with Gasteiger partial charge in [-0.2, -0.15) is 0 Å². The second kappa shape index (κ2) is 10.7. The molecule has 1 aromatic heterocycles. The molecule has 3 rings (SSSR count). The molecule has 1 atom stereocenters. The van der Waals surface area contributed by atoms with E-state index in [-0.39, 0.29) is 0 Å². The Kier molecular flexibility index (Phi) is 7.69. The molecule has 0 saturated carbocycles. The Balaban J connectivity index is 1.56. The van der Waals surface area contributed by atoms with Crippen LogP contribution in [0.2, 0.25) is 0 Å². The van der Waals surface area contributed by atoms with Gasteiger partial charge in [-0.15, -0.1) is 0 Å². The fourth-order valence-electron chi connectivity index (χ4n) is 3.49. The molecule has 0 radical (unpaired) electrons. The van der Waals surface area contributed by atoms with Gasteiger partial charge < -0.3 is 10.6 Å². The number of anilines is 2. The van der Waals surface area contributed by atoms with Crippen LogP contribution in [-0.4, -0.2) is 54.1 Å². The average molecular weight is 415 g/mol. The maximum absolute atomic E-state index is 14.1. The molecule has 2 N–H and O–H groups in total. The number of nitrogens with one attached hydrogen (secondary N) is 2. The van der Waals surface area contributed by atoms with Crippen LogP contribution in [0.15, 0.2) is 42.7 Å². The summed E-state index contributed by atoms with van der Waals surface area (Å²) >= 11 is 0. The minimum absolute atomic E-state index is 0.303. The molecule has 0 spiro atoms. The molecule has 8 nitrogen and oxygen atoms in total. The Morgan fingerprint density at radius 2 is 2.20 bits per heavy atom. The molecule has 2 aromatic rings. The number of benzene rings is 1. The van der Waals surface area contributed by atoms with Crippen LogP contribution in [0.3, 0.4) is 0 Å². The third-order valence-corrected chi connectivity index (χ3v) is 4.81. The molecule has 1 aliphatic heterocycles. The van der Waals surface area contributed by atoms with Gasteiger partial charge in [0.1, 0.15) is 5.82 Å². The van der Waals surface area contributed by atoms with Crippen molar-refractivity contribution in [2.45, 2.75) is 19.4 Å². The summed E-state index contributed by atoms with van der Waals surface area (Å²) in [5.41, 5.74) is 1.71. The van der Waals surface area contributed by atoms with Crippen molar-refractivity contribution in [1.29, 1.82) is 0 Å². The molecule has 3 amide bonds. The second-order valence-corrected chi connectivity index (χ2v) is 7.36. The van der Waals surface area contributed by atoms with Crippen LogP contribution in [0.25, 0.3) is 0 Å². The lowest BCUT2D eigenvalue weighted by atomic mass is 9.98. The summed E-state index contributed by atoms with van der Waals surface area (Å²) in [7, 11) is 1.57. The molecule has 0 unspecified atom stereocenters. The lowest BCUT2D eigenvalue weighted by Crippen LogP contribution is -2.37. The maximum Gasteiger partial charge on any atom is 0.323 e. The van der Waals surface area contributed by atoms with Crippen LogP contribution >= 0.6 is 0 Å². The first kappa shape index (κ1) is 21.7. The number of likely N-dealkylation sites (tertiary alicyclic amines) is 1. The highest BCUT2D eigenvalue weighted by Crippen LogP contribution is 2.21. The SMILES string of the molecule is CN(C=O)OC[C@@H]1CCCN(Cc2cc(F)cc(NC(=O)Nc3cccnc3)c2)C1. The molecule has 0 bridgehead atoms. The summed E-state index contributed by atoms with van der Waals surface area (Å²) in [6.07, 6.45) is 5.80. The predicted octanol–water partition coefficient (Wildman–Crippen LogP) is 3.10. The van der Waals surface area contributed by atoms with Gasteiger partial charge in [-0.3, -0.25) is 19.5 Å². The van der Waals surface area contributed by atoms with Gasteiger partial charge in [0.05, 0.1) is 18.5 Å². The number of rotatable bonds is 8. The lowest BCUT2D eigenvalue weighted by molar-refractivity contribution is -0.169. The summed E-state index contributed by atoms with van der Waals surface area (Å²) in [5.74, 6) is -0.105. The van der Waals surface area contributed by atoms with Crippen LogP contribution < -0.4 is 10.6 Å². The van der Waals surface area contributed by atoms with Crippen molar-refractivity contribution in [1.82, 2.24) is 14.9 Å². The molecule has 1 saturated heterocycles. The minimum Gasteiger partial charge on any atom is -0.308 e. The predicted molar refractivity (Wildman–Crippen MR) is 111 cm³/mol. The van der Waals surface area contributed by atoms with Gasteiger partial charge in [0.25, 0.3) is 0 Å². The number of piperidine rings is 1. The number of hydrogen-bond donors (Lipinski definition) is 2. The zero-order valence-electron chi connectivity index (χ0n) is 16.9. The summed E-state index contributed by atoms with van der Waals surface area (Å²) in [4.78, 5) is 34.4. The quantitative estimate of drug-likeness (QED) is 0.511. The first-order valence-corrected chi connectivity index (χ1v) is 9.82. The smallest absolute Gasteiger partial charge is 0.308 e. The van der Waals surface area contributed by atoms with E-state index in [0.29, 0.717) is 36.9 Å². The van der Waals surface area contributed by atoms with Crippen molar-refractivity contribution >= 4 is 23.8 Å². The number of nitrogens with zero attached hydrogens (tertiary/aromatic N) is 3. The Hall–Kier alpha value is -3.04. The number of urea groups is 1. The molecule has 1 aromatic carbocycles. The zero-order valence-corrected chi connectivity index (χ0v) is 16.9. The van der Waals surface area contributed by atoms with Crippen molar-refractivity contribution in [2.75, 3.05) is 37.4 Å². The molecule has 160 valence electrons. The van der Waals surface area contributed by atoms with E-state index >= 15 is 0 Å². The van der Waals surface area contributed by atoms with E-state index in [0.717, 1.165) is 31.5 Å². The molecule has 0 aliphatic carbocycles. The Bertz CT molecular complexity index is 852. The third kappa shape index (κ3) is 6.78. The number of halogens is 1. The largest absolute Gasteiger partial charge is 0.323 e. The maximum atomic E-state index is 14.1. The molecular formula is C21H26FN5O3. The lowest BCUT2D eigenvalue weighted by Gasteiger charge is -2.33. The van der Waals surface area contributed by atoms with Gasteiger partial charge in [0.2, 0.25) is 6.41 Å². The van der Waals surface area contributed by atoms with E-state index in [1.165, 1.54) is 23.4 Å².